The highest BCUT2D eigenvalue weighted by Crippen LogP contribution is 2.34. The summed E-state index contributed by atoms with van der Waals surface area (Å²) in [6, 6.07) is 8.94. The lowest BCUT2D eigenvalue weighted by Crippen LogP contribution is -1.94. The molecule has 4 heteroatoms. The number of rotatable bonds is 2. The zero-order valence-corrected chi connectivity index (χ0v) is 12.1. The third kappa shape index (κ3) is 2.38. The van der Waals surface area contributed by atoms with Crippen LogP contribution in [0.1, 0.15) is 12.5 Å². The van der Waals surface area contributed by atoms with Crippen LogP contribution in [0.2, 0.25) is 5.02 Å². The van der Waals surface area contributed by atoms with Crippen molar-refractivity contribution in [1.82, 2.24) is 0 Å². The van der Waals surface area contributed by atoms with Crippen molar-refractivity contribution in [1.29, 1.82) is 0 Å². The van der Waals surface area contributed by atoms with Gasteiger partial charge in [0.25, 0.3) is 0 Å². The molecular weight excluding hydrogens is 317 g/mol. The Bertz CT molecular complexity index is 599. The van der Waals surface area contributed by atoms with Gasteiger partial charge in [-0.2, -0.15) is 0 Å². The van der Waals surface area contributed by atoms with Crippen LogP contribution in [-0.2, 0) is 6.42 Å². The topological polar surface area (TPSA) is 26.0 Å². The number of hydrogen-bond donors (Lipinski definition) is 1. The molecule has 2 rings (SSSR count). The maximum absolute atomic E-state index is 14.1. The second-order valence-corrected chi connectivity index (χ2v) is 5.22. The van der Waals surface area contributed by atoms with Crippen LogP contribution in [-0.4, -0.2) is 0 Å². The molecule has 0 amide bonds. The van der Waals surface area contributed by atoms with Crippen LogP contribution in [0.25, 0.3) is 11.1 Å². The lowest BCUT2D eigenvalue weighted by Gasteiger charge is -2.09. The van der Waals surface area contributed by atoms with Crippen LogP contribution in [0.3, 0.4) is 0 Å². The fourth-order valence-corrected chi connectivity index (χ4v) is 2.30. The van der Waals surface area contributed by atoms with Gasteiger partial charge in [0.1, 0.15) is 0 Å². The summed E-state index contributed by atoms with van der Waals surface area (Å²) in [5.41, 5.74) is 8.84. The molecule has 0 aromatic heterocycles. The molecule has 18 heavy (non-hydrogen) atoms. The maximum Gasteiger partial charge on any atom is 0.150 e. The summed E-state index contributed by atoms with van der Waals surface area (Å²) in [7, 11) is 0. The second kappa shape index (κ2) is 5.29. The van der Waals surface area contributed by atoms with Crippen LogP contribution in [0, 0.1) is 5.82 Å². The van der Waals surface area contributed by atoms with Gasteiger partial charge >= 0.3 is 0 Å². The maximum atomic E-state index is 14.1. The highest BCUT2D eigenvalue weighted by Gasteiger charge is 2.12. The number of aryl methyl sites for hydroxylation is 1. The Kier molecular flexibility index (Phi) is 3.93. The first-order valence-electron chi connectivity index (χ1n) is 5.56. The molecule has 0 unspecified atom stereocenters. The van der Waals surface area contributed by atoms with Crippen molar-refractivity contribution < 1.29 is 4.39 Å². The monoisotopic (exact) mass is 327 g/mol. The van der Waals surface area contributed by atoms with Crippen molar-refractivity contribution in [2.45, 2.75) is 13.3 Å². The number of nitrogen functional groups attached to an aromatic ring is 1. The number of halogens is 3. The lowest BCUT2D eigenvalue weighted by atomic mass is 10.0. The molecule has 0 aliphatic rings. The van der Waals surface area contributed by atoms with Gasteiger partial charge in [-0.15, -0.1) is 0 Å². The Morgan fingerprint density at radius 2 is 2.00 bits per heavy atom. The molecular formula is C14H12BrClFN. The van der Waals surface area contributed by atoms with Gasteiger partial charge in [-0.3, -0.25) is 0 Å². The van der Waals surface area contributed by atoms with Crippen LogP contribution >= 0.6 is 27.5 Å². The molecule has 94 valence electrons. The SMILES string of the molecule is CCc1cc(-c2ccc(Br)c(Cl)c2F)ccc1N. The molecule has 0 heterocycles. The third-order valence-corrected chi connectivity index (χ3v) is 4.13. The van der Waals surface area contributed by atoms with Crippen LogP contribution in [0.15, 0.2) is 34.8 Å². The van der Waals surface area contributed by atoms with E-state index in [4.69, 9.17) is 17.3 Å². The molecule has 0 aliphatic carbocycles. The van der Waals surface area contributed by atoms with Gasteiger partial charge in [0.15, 0.2) is 5.82 Å². The molecule has 0 fully saturated rings. The first kappa shape index (κ1) is 13.4. The smallest absolute Gasteiger partial charge is 0.150 e. The summed E-state index contributed by atoms with van der Waals surface area (Å²) in [6.45, 7) is 2.01. The molecule has 1 nitrogen and oxygen atoms in total. The quantitative estimate of drug-likeness (QED) is 0.605. The molecule has 2 aromatic rings. The van der Waals surface area contributed by atoms with Crippen molar-refractivity contribution in [2.24, 2.45) is 0 Å². The minimum atomic E-state index is -0.419. The number of nitrogens with two attached hydrogens (primary N) is 1. The number of anilines is 1. The van der Waals surface area contributed by atoms with Crippen LogP contribution < -0.4 is 5.73 Å². The lowest BCUT2D eigenvalue weighted by molar-refractivity contribution is 0.631. The first-order chi connectivity index (χ1) is 8.54. The normalized spacial score (nSPS) is 10.7. The first-order valence-corrected chi connectivity index (χ1v) is 6.74. The van der Waals surface area contributed by atoms with Crippen molar-refractivity contribution in [3.05, 3.63) is 51.2 Å². The average Bonchev–Trinajstić information content (AvgIpc) is 2.37. The van der Waals surface area contributed by atoms with Gasteiger partial charge in [-0.25, -0.2) is 4.39 Å². The fourth-order valence-electron chi connectivity index (χ4n) is 1.83. The third-order valence-electron chi connectivity index (χ3n) is 2.87. The highest BCUT2D eigenvalue weighted by molar-refractivity contribution is 9.10. The molecule has 0 spiro atoms. The van der Waals surface area contributed by atoms with E-state index in [1.165, 1.54) is 0 Å². The molecule has 0 saturated carbocycles. The van der Waals surface area contributed by atoms with E-state index in [1.54, 1.807) is 24.3 Å². The van der Waals surface area contributed by atoms with Gasteiger partial charge in [0.2, 0.25) is 0 Å². The van der Waals surface area contributed by atoms with E-state index < -0.39 is 5.82 Å². The van der Waals surface area contributed by atoms with E-state index in [2.05, 4.69) is 15.9 Å². The molecule has 2 N–H and O–H groups in total. The Hall–Kier alpha value is -1.06. The molecule has 0 saturated heterocycles. The zero-order chi connectivity index (χ0) is 13.3. The number of hydrogen-bond acceptors (Lipinski definition) is 1. The van der Waals surface area contributed by atoms with E-state index in [0.717, 1.165) is 23.2 Å². The Morgan fingerprint density at radius 3 is 2.67 bits per heavy atom. The predicted octanol–water partition coefficient (Wildman–Crippen LogP) is 5.05. The summed E-state index contributed by atoms with van der Waals surface area (Å²) in [5, 5.41) is 0.0994. The van der Waals surface area contributed by atoms with Crippen LogP contribution in [0.5, 0.6) is 0 Å². The Labute approximate surface area is 119 Å². The van der Waals surface area contributed by atoms with E-state index in [-0.39, 0.29) is 5.02 Å². The molecule has 0 aliphatic heterocycles. The van der Waals surface area contributed by atoms with Crippen molar-refractivity contribution in [3.8, 4) is 11.1 Å². The summed E-state index contributed by atoms with van der Waals surface area (Å²) < 4.78 is 14.6. The predicted molar refractivity (Wildman–Crippen MR) is 78.3 cm³/mol. The summed E-state index contributed by atoms with van der Waals surface area (Å²) >= 11 is 9.09. The van der Waals surface area contributed by atoms with Gasteiger partial charge in [-0.05, 0) is 51.7 Å². The van der Waals surface area contributed by atoms with Crippen molar-refractivity contribution >= 4 is 33.2 Å². The molecule has 0 radical (unpaired) electrons. The highest BCUT2D eigenvalue weighted by atomic mass is 79.9. The summed E-state index contributed by atoms with van der Waals surface area (Å²) in [4.78, 5) is 0. The van der Waals surface area contributed by atoms with E-state index in [9.17, 15) is 4.39 Å². The van der Waals surface area contributed by atoms with E-state index in [1.807, 2.05) is 13.0 Å². The van der Waals surface area contributed by atoms with Gasteiger partial charge < -0.3 is 5.73 Å². The standard InChI is InChI=1S/C14H12BrClFN/c1-2-8-7-9(3-6-12(8)18)10-4-5-11(15)13(16)14(10)17/h3-7H,2,18H2,1H3. The van der Waals surface area contributed by atoms with Gasteiger partial charge in [0.05, 0.1) is 5.02 Å². The summed E-state index contributed by atoms with van der Waals surface area (Å²) in [5.74, 6) is -0.419. The fraction of sp³-hybridized carbons (Fsp3) is 0.143. The van der Waals surface area contributed by atoms with Crippen molar-refractivity contribution in [2.75, 3.05) is 5.73 Å². The average molecular weight is 329 g/mol. The minimum Gasteiger partial charge on any atom is -0.399 e. The molecule has 0 bridgehead atoms. The zero-order valence-electron chi connectivity index (χ0n) is 9.81. The minimum absolute atomic E-state index is 0.0994. The largest absolute Gasteiger partial charge is 0.399 e. The molecule has 2 aromatic carbocycles. The summed E-state index contributed by atoms with van der Waals surface area (Å²) in [6.07, 6.45) is 0.811. The second-order valence-electron chi connectivity index (χ2n) is 3.99. The Morgan fingerprint density at radius 1 is 1.28 bits per heavy atom. The van der Waals surface area contributed by atoms with Gasteiger partial charge in [0, 0.05) is 15.7 Å². The van der Waals surface area contributed by atoms with E-state index in [0.29, 0.717) is 10.0 Å². The number of benzene rings is 2. The van der Waals surface area contributed by atoms with Crippen LogP contribution in [0.4, 0.5) is 10.1 Å². The Balaban J connectivity index is 2.59. The van der Waals surface area contributed by atoms with Crippen molar-refractivity contribution in [3.63, 3.8) is 0 Å². The molecule has 0 atom stereocenters. The van der Waals surface area contributed by atoms with E-state index >= 15 is 0 Å². The van der Waals surface area contributed by atoms with Gasteiger partial charge in [-0.1, -0.05) is 30.7 Å².